The van der Waals surface area contributed by atoms with Gasteiger partial charge in [0, 0.05) is 24.9 Å². The lowest BCUT2D eigenvalue weighted by Crippen LogP contribution is -2.61. The van der Waals surface area contributed by atoms with Gasteiger partial charge in [-0.05, 0) is 80.0 Å². The Morgan fingerprint density at radius 2 is 1.80 bits per heavy atom. The summed E-state index contributed by atoms with van der Waals surface area (Å²) in [5, 5.41) is 8.72. The van der Waals surface area contributed by atoms with Gasteiger partial charge in [0.2, 0.25) is 11.8 Å². The number of hydrogen-bond donors (Lipinski definition) is 3. The summed E-state index contributed by atoms with van der Waals surface area (Å²) in [6.45, 7) is 7.39. The molecule has 7 atom stereocenters. The minimum absolute atomic E-state index is 0.0178. The van der Waals surface area contributed by atoms with Crippen molar-refractivity contribution in [2.75, 3.05) is 6.54 Å². The third-order valence-electron chi connectivity index (χ3n) is 9.46. The van der Waals surface area contributed by atoms with Gasteiger partial charge in [0.15, 0.2) is 0 Å². The zero-order valence-electron chi connectivity index (χ0n) is 18.9. The maximum atomic E-state index is 13.0. The first kappa shape index (κ1) is 21.6. The number of nitrogens with one attached hydrogen (secondary N) is 3. The molecule has 168 valence electrons. The van der Waals surface area contributed by atoms with Crippen LogP contribution in [0, 0.1) is 34.5 Å². The second-order valence-electron chi connectivity index (χ2n) is 10.9. The van der Waals surface area contributed by atoms with Crippen molar-refractivity contribution in [3.05, 3.63) is 0 Å². The lowest BCUT2D eigenvalue weighted by Gasteiger charge is -2.60. The molecule has 1 aliphatic heterocycles. The molecule has 6 nitrogen and oxygen atoms in total. The molecule has 0 aromatic rings. The fourth-order valence-corrected chi connectivity index (χ4v) is 7.75. The van der Waals surface area contributed by atoms with Gasteiger partial charge in [0.25, 0.3) is 0 Å². The molecule has 3 aliphatic carbocycles. The molecule has 0 spiro atoms. The Balaban J connectivity index is 1.44. The van der Waals surface area contributed by atoms with Crippen LogP contribution in [0.2, 0.25) is 0 Å². The highest BCUT2D eigenvalue weighted by atomic mass is 16.2. The van der Waals surface area contributed by atoms with E-state index in [-0.39, 0.29) is 34.6 Å². The molecule has 0 bridgehead atoms. The van der Waals surface area contributed by atoms with Crippen molar-refractivity contribution in [3.63, 3.8) is 0 Å². The van der Waals surface area contributed by atoms with Crippen LogP contribution in [-0.4, -0.2) is 30.4 Å². The Labute approximate surface area is 180 Å². The van der Waals surface area contributed by atoms with Crippen LogP contribution in [0.1, 0.15) is 85.0 Å². The molecule has 1 saturated heterocycles. The first-order chi connectivity index (χ1) is 14.3. The second-order valence-corrected chi connectivity index (χ2v) is 10.9. The van der Waals surface area contributed by atoms with Crippen LogP contribution < -0.4 is 16.0 Å². The Hall–Kier alpha value is -1.59. The van der Waals surface area contributed by atoms with E-state index in [1.165, 1.54) is 0 Å². The van der Waals surface area contributed by atoms with Gasteiger partial charge < -0.3 is 10.6 Å². The van der Waals surface area contributed by atoms with Crippen molar-refractivity contribution in [1.82, 2.24) is 16.0 Å². The second kappa shape index (κ2) is 8.16. The van der Waals surface area contributed by atoms with Crippen LogP contribution in [-0.2, 0) is 9.59 Å². The fraction of sp³-hybridized carbons (Fsp3) is 0.875. The zero-order chi connectivity index (χ0) is 21.5. The highest BCUT2D eigenvalue weighted by molar-refractivity contribution is 5.96. The van der Waals surface area contributed by atoms with E-state index in [9.17, 15) is 14.4 Å². The highest BCUT2D eigenvalue weighted by Crippen LogP contribution is 2.65. The Bertz CT molecular complexity index is 710. The quantitative estimate of drug-likeness (QED) is 0.609. The maximum absolute atomic E-state index is 13.0. The first-order valence-electron chi connectivity index (χ1n) is 12.2. The number of piperidine rings is 1. The number of amides is 4. The number of hydrogen-bond acceptors (Lipinski definition) is 3. The van der Waals surface area contributed by atoms with Gasteiger partial charge >= 0.3 is 6.03 Å². The highest BCUT2D eigenvalue weighted by Gasteiger charge is 2.61. The van der Waals surface area contributed by atoms with Gasteiger partial charge in [0.05, 0.1) is 0 Å². The minimum Gasteiger partial charge on any atom is -0.353 e. The smallest absolute Gasteiger partial charge is 0.321 e. The predicted octanol–water partition coefficient (Wildman–Crippen LogP) is 3.75. The van der Waals surface area contributed by atoms with Crippen LogP contribution >= 0.6 is 0 Å². The molecule has 30 heavy (non-hydrogen) atoms. The number of carbonyl (C=O) groups excluding carboxylic acids is 3. The minimum atomic E-state index is -0.347. The molecule has 0 aromatic heterocycles. The summed E-state index contributed by atoms with van der Waals surface area (Å²) in [6, 6.07) is -0.0307. The van der Waals surface area contributed by atoms with Crippen molar-refractivity contribution >= 4 is 17.8 Å². The Kier molecular flexibility index (Phi) is 5.88. The number of fused-ring (bicyclic) bond motifs is 5. The standard InChI is InChI=1S/C24H39N3O3/c1-4-5-14-25-22(30)27-21(29)18-8-7-16-15-6-9-19-24(3,13-11-20(28)26-19)17(15)10-12-23(16,18)2/h15-19H,4-14H2,1-3H3,(H,26,28)(H2,25,27,29,30)/t15-,16-,17+,18?,19?,23-,24+/m0/s1. The number of unbranched alkanes of at least 4 members (excludes halogenated alkanes) is 1. The molecule has 6 heteroatoms. The number of rotatable bonds is 4. The third-order valence-corrected chi connectivity index (χ3v) is 9.46. The van der Waals surface area contributed by atoms with Crippen LogP contribution in [0.4, 0.5) is 4.79 Å². The number of imide groups is 1. The lowest BCUT2D eigenvalue weighted by molar-refractivity contribution is -0.141. The monoisotopic (exact) mass is 417 g/mol. The predicted molar refractivity (Wildman–Crippen MR) is 115 cm³/mol. The Morgan fingerprint density at radius 1 is 1.03 bits per heavy atom. The summed E-state index contributed by atoms with van der Waals surface area (Å²) in [7, 11) is 0. The molecule has 4 fully saturated rings. The van der Waals surface area contributed by atoms with Gasteiger partial charge in [0.1, 0.15) is 0 Å². The summed E-state index contributed by atoms with van der Waals surface area (Å²) in [5.41, 5.74) is 0.174. The Morgan fingerprint density at radius 3 is 2.57 bits per heavy atom. The first-order valence-corrected chi connectivity index (χ1v) is 12.2. The van der Waals surface area contributed by atoms with Crippen LogP contribution in [0.15, 0.2) is 0 Å². The van der Waals surface area contributed by atoms with E-state index >= 15 is 0 Å². The van der Waals surface area contributed by atoms with Gasteiger partial charge in [-0.1, -0.05) is 27.2 Å². The van der Waals surface area contributed by atoms with Gasteiger partial charge in [-0.15, -0.1) is 0 Å². The molecule has 4 aliphatic rings. The molecule has 0 aromatic carbocycles. The summed E-state index contributed by atoms with van der Waals surface area (Å²) < 4.78 is 0. The van der Waals surface area contributed by atoms with E-state index in [2.05, 4.69) is 36.7 Å². The van der Waals surface area contributed by atoms with Crippen LogP contribution in [0.25, 0.3) is 0 Å². The molecule has 1 heterocycles. The maximum Gasteiger partial charge on any atom is 0.321 e. The van der Waals surface area contributed by atoms with E-state index in [0.29, 0.717) is 36.8 Å². The fourth-order valence-electron chi connectivity index (χ4n) is 7.75. The largest absolute Gasteiger partial charge is 0.353 e. The average Bonchev–Trinajstić information content (AvgIpc) is 3.06. The lowest BCUT2D eigenvalue weighted by atomic mass is 9.47. The van der Waals surface area contributed by atoms with Gasteiger partial charge in [-0.3, -0.25) is 14.9 Å². The molecular weight excluding hydrogens is 378 g/mol. The van der Waals surface area contributed by atoms with Crippen molar-refractivity contribution in [2.24, 2.45) is 34.5 Å². The van der Waals surface area contributed by atoms with E-state index in [1.54, 1.807) is 0 Å². The van der Waals surface area contributed by atoms with Gasteiger partial charge in [-0.25, -0.2) is 4.79 Å². The van der Waals surface area contributed by atoms with E-state index in [0.717, 1.165) is 57.8 Å². The third kappa shape index (κ3) is 3.54. The number of urea groups is 1. The molecule has 3 saturated carbocycles. The molecule has 2 unspecified atom stereocenters. The SMILES string of the molecule is CCCCNC(=O)NC(=O)C1CC[C@H]2[C@@H]3CCC4NC(=O)CC[C@]4(C)[C@@H]3CC[C@]12C. The average molecular weight is 418 g/mol. The summed E-state index contributed by atoms with van der Waals surface area (Å²) in [4.78, 5) is 37.1. The topological polar surface area (TPSA) is 87.3 Å². The van der Waals surface area contributed by atoms with Crippen molar-refractivity contribution in [2.45, 2.75) is 91.0 Å². The molecule has 4 rings (SSSR count). The summed E-state index contributed by atoms with van der Waals surface area (Å²) in [5.74, 6) is 1.87. The van der Waals surface area contributed by atoms with Crippen LogP contribution in [0.3, 0.4) is 0 Å². The van der Waals surface area contributed by atoms with E-state index in [1.807, 2.05) is 0 Å². The van der Waals surface area contributed by atoms with Crippen LogP contribution in [0.5, 0.6) is 0 Å². The summed E-state index contributed by atoms with van der Waals surface area (Å²) >= 11 is 0. The number of carbonyl (C=O) groups is 3. The van der Waals surface area contributed by atoms with E-state index < -0.39 is 0 Å². The molecule has 0 radical (unpaired) electrons. The zero-order valence-corrected chi connectivity index (χ0v) is 18.9. The molecular formula is C24H39N3O3. The van der Waals surface area contributed by atoms with Gasteiger partial charge in [-0.2, -0.15) is 0 Å². The van der Waals surface area contributed by atoms with Crippen molar-refractivity contribution in [1.29, 1.82) is 0 Å². The summed E-state index contributed by atoms with van der Waals surface area (Å²) in [6.07, 6.45) is 9.94. The van der Waals surface area contributed by atoms with Crippen molar-refractivity contribution < 1.29 is 14.4 Å². The molecule has 3 N–H and O–H groups in total. The van der Waals surface area contributed by atoms with Crippen molar-refractivity contribution in [3.8, 4) is 0 Å². The molecule has 4 amide bonds. The normalized spacial score (nSPS) is 42.4. The van der Waals surface area contributed by atoms with E-state index in [4.69, 9.17) is 0 Å².